The van der Waals surface area contributed by atoms with Gasteiger partial charge in [0.1, 0.15) is 0 Å². The highest BCUT2D eigenvalue weighted by atomic mass is 28.4. The largest absolute Gasteiger partial charge is 0.313 e. The molecule has 1 N–H and O–H groups in total. The van der Waals surface area contributed by atoms with E-state index in [-0.39, 0.29) is 0 Å². The van der Waals surface area contributed by atoms with Crippen LogP contribution in [0.15, 0.2) is 0 Å². The molecule has 0 saturated heterocycles. The summed E-state index contributed by atoms with van der Waals surface area (Å²) in [5.41, 5.74) is 0. The van der Waals surface area contributed by atoms with E-state index in [1.54, 1.807) is 0 Å². The summed E-state index contributed by atoms with van der Waals surface area (Å²) in [4.78, 5) is 3.93. The fraction of sp³-hybridized carbons (Fsp3) is 1.00. The van der Waals surface area contributed by atoms with Crippen molar-refractivity contribution in [1.29, 1.82) is 0 Å². The lowest BCUT2D eigenvalue weighted by Gasteiger charge is -2.48. The minimum Gasteiger partial charge on any atom is -0.313 e. The van der Waals surface area contributed by atoms with Gasteiger partial charge in [-0.3, -0.25) is 0 Å². The van der Waals surface area contributed by atoms with Gasteiger partial charge < -0.3 is 14.1 Å². The van der Waals surface area contributed by atoms with Crippen LogP contribution < -0.4 is 4.98 Å². The van der Waals surface area contributed by atoms with Crippen LogP contribution in [0.5, 0.6) is 0 Å². The quantitative estimate of drug-likeness (QED) is 0.584. The monoisotopic (exact) mass is 273 g/mol. The van der Waals surface area contributed by atoms with E-state index in [0.29, 0.717) is 0 Å². The third-order valence-electron chi connectivity index (χ3n) is 3.91. The number of unbranched alkanes of at least 4 members (excludes halogenated alkanes) is 1. The molecule has 0 aromatic heterocycles. The maximum atomic E-state index is 3.93. The minimum absolute atomic E-state index is 1.09. The van der Waals surface area contributed by atoms with Crippen LogP contribution in [0.4, 0.5) is 0 Å². The molecule has 18 heavy (non-hydrogen) atoms. The molecule has 0 aliphatic heterocycles. The molecule has 0 atom stereocenters. The highest BCUT2D eigenvalue weighted by Crippen LogP contribution is 2.20. The van der Waals surface area contributed by atoms with Gasteiger partial charge in [0.2, 0.25) is 0 Å². The van der Waals surface area contributed by atoms with Crippen molar-refractivity contribution >= 4 is 8.56 Å². The predicted octanol–water partition coefficient (Wildman–Crippen LogP) is 3.02. The van der Waals surface area contributed by atoms with Gasteiger partial charge in [0, 0.05) is 0 Å². The van der Waals surface area contributed by atoms with Crippen LogP contribution in [0, 0.1) is 0 Å². The van der Waals surface area contributed by atoms with Crippen molar-refractivity contribution in [1.82, 2.24) is 14.1 Å². The van der Waals surface area contributed by atoms with E-state index in [2.05, 4.69) is 55.7 Å². The third kappa shape index (κ3) is 4.33. The van der Waals surface area contributed by atoms with Crippen LogP contribution in [0.3, 0.4) is 0 Å². The van der Waals surface area contributed by atoms with Gasteiger partial charge in [-0.1, -0.05) is 54.4 Å². The van der Waals surface area contributed by atoms with Crippen molar-refractivity contribution in [2.75, 3.05) is 32.7 Å². The lowest BCUT2D eigenvalue weighted by atomic mass is 10.4. The first-order chi connectivity index (χ1) is 8.66. The van der Waals surface area contributed by atoms with Crippen LogP contribution in [-0.4, -0.2) is 50.4 Å². The molecule has 0 bridgehead atoms. The lowest BCUT2D eigenvalue weighted by molar-refractivity contribution is 0.332. The summed E-state index contributed by atoms with van der Waals surface area (Å²) in [6, 6.07) is 1.35. The standard InChI is InChI=1S/C14H35N3Si/c1-7-13-14-18(15-8-2,16(9-3)10-4)17(11-5)12-6/h15H,7-14H2,1-6H3. The third-order valence-corrected chi connectivity index (χ3v) is 9.24. The van der Waals surface area contributed by atoms with E-state index in [4.69, 9.17) is 0 Å². The van der Waals surface area contributed by atoms with Gasteiger partial charge >= 0.3 is 0 Å². The molecule has 0 fully saturated rings. The molecule has 0 aliphatic rings. The molecule has 110 valence electrons. The molecular weight excluding hydrogens is 238 g/mol. The van der Waals surface area contributed by atoms with Gasteiger partial charge in [-0.15, -0.1) is 0 Å². The smallest absolute Gasteiger partial charge is 0.286 e. The van der Waals surface area contributed by atoms with Crippen LogP contribution in [0.2, 0.25) is 6.04 Å². The van der Waals surface area contributed by atoms with Crippen molar-refractivity contribution in [3.05, 3.63) is 0 Å². The highest BCUT2D eigenvalue weighted by molar-refractivity contribution is 6.72. The molecule has 3 nitrogen and oxygen atoms in total. The summed E-state index contributed by atoms with van der Waals surface area (Å²) < 4.78 is 5.44. The minimum atomic E-state index is -1.66. The average molecular weight is 274 g/mol. The Kier molecular flexibility index (Phi) is 10.0. The van der Waals surface area contributed by atoms with E-state index in [9.17, 15) is 0 Å². The number of nitrogens with zero attached hydrogens (tertiary/aromatic N) is 2. The Morgan fingerprint density at radius 2 is 1.22 bits per heavy atom. The van der Waals surface area contributed by atoms with Gasteiger partial charge in [-0.25, -0.2) is 0 Å². The lowest BCUT2D eigenvalue weighted by Crippen LogP contribution is -2.74. The summed E-state index contributed by atoms with van der Waals surface area (Å²) >= 11 is 0. The van der Waals surface area contributed by atoms with Crippen LogP contribution in [-0.2, 0) is 0 Å². The van der Waals surface area contributed by atoms with E-state index in [0.717, 1.165) is 32.7 Å². The van der Waals surface area contributed by atoms with E-state index in [1.165, 1.54) is 18.9 Å². The number of hydrogen-bond donors (Lipinski definition) is 1. The Bertz CT molecular complexity index is 179. The van der Waals surface area contributed by atoms with Crippen molar-refractivity contribution in [3.8, 4) is 0 Å². The molecule has 0 aliphatic carbocycles. The molecule has 0 saturated carbocycles. The van der Waals surface area contributed by atoms with Gasteiger partial charge in [-0.2, -0.15) is 0 Å². The zero-order valence-corrected chi connectivity index (χ0v) is 14.6. The first-order valence-electron chi connectivity index (χ1n) is 7.91. The first kappa shape index (κ1) is 18.1. The zero-order valence-electron chi connectivity index (χ0n) is 13.6. The second kappa shape index (κ2) is 9.95. The molecule has 0 spiro atoms. The first-order valence-corrected chi connectivity index (χ1v) is 10.0. The molecule has 0 aromatic rings. The molecule has 0 aromatic carbocycles. The van der Waals surface area contributed by atoms with E-state index >= 15 is 0 Å². The molecular formula is C14H35N3Si. The molecule has 0 rings (SSSR count). The summed E-state index contributed by atoms with van der Waals surface area (Å²) in [5, 5.41) is 0. The number of rotatable bonds is 11. The predicted molar refractivity (Wildman–Crippen MR) is 85.0 cm³/mol. The number of hydrogen-bond acceptors (Lipinski definition) is 3. The molecule has 4 heteroatoms. The maximum absolute atomic E-state index is 3.93. The second-order valence-electron chi connectivity index (χ2n) is 4.80. The summed E-state index contributed by atoms with van der Waals surface area (Å²) in [7, 11) is -1.66. The van der Waals surface area contributed by atoms with Crippen LogP contribution in [0.1, 0.15) is 54.4 Å². The van der Waals surface area contributed by atoms with Gasteiger partial charge in [0.05, 0.1) is 0 Å². The normalized spacial score (nSPS) is 12.7. The Hall–Kier alpha value is 0.0969. The highest BCUT2D eigenvalue weighted by Gasteiger charge is 2.42. The summed E-state index contributed by atoms with van der Waals surface area (Å²) in [6.07, 6.45) is 2.63. The Morgan fingerprint density at radius 1 is 0.778 bits per heavy atom. The van der Waals surface area contributed by atoms with Crippen LogP contribution in [0.25, 0.3) is 0 Å². The van der Waals surface area contributed by atoms with E-state index in [1.807, 2.05) is 0 Å². The zero-order chi connectivity index (χ0) is 14.0. The summed E-state index contributed by atoms with van der Waals surface area (Å²) in [5.74, 6) is 0. The van der Waals surface area contributed by atoms with Crippen molar-refractivity contribution in [3.63, 3.8) is 0 Å². The topological polar surface area (TPSA) is 18.5 Å². The summed E-state index contributed by atoms with van der Waals surface area (Å²) in [6.45, 7) is 19.5. The van der Waals surface area contributed by atoms with E-state index < -0.39 is 8.56 Å². The Morgan fingerprint density at radius 3 is 1.50 bits per heavy atom. The van der Waals surface area contributed by atoms with Gasteiger partial charge in [-0.05, 0) is 38.8 Å². The van der Waals surface area contributed by atoms with Gasteiger partial charge in [0.15, 0.2) is 0 Å². The molecule has 0 amide bonds. The molecule has 0 heterocycles. The Labute approximate surface area is 116 Å². The molecule has 0 unspecified atom stereocenters. The number of nitrogens with one attached hydrogen (secondary N) is 1. The van der Waals surface area contributed by atoms with Crippen molar-refractivity contribution in [2.45, 2.75) is 60.4 Å². The SMILES string of the molecule is CCCC[Si](NCC)(N(CC)CC)N(CC)CC. The van der Waals surface area contributed by atoms with Crippen molar-refractivity contribution < 1.29 is 0 Å². The fourth-order valence-electron chi connectivity index (χ4n) is 3.03. The average Bonchev–Trinajstić information content (AvgIpc) is 2.39. The van der Waals surface area contributed by atoms with Gasteiger partial charge in [0.25, 0.3) is 8.56 Å². The van der Waals surface area contributed by atoms with Crippen LogP contribution >= 0.6 is 0 Å². The molecule has 0 radical (unpaired) electrons. The fourth-order valence-corrected chi connectivity index (χ4v) is 8.19. The maximum Gasteiger partial charge on any atom is 0.286 e. The second-order valence-corrected chi connectivity index (χ2v) is 8.55. The van der Waals surface area contributed by atoms with Crippen molar-refractivity contribution in [2.24, 2.45) is 0 Å². The Balaban J connectivity index is 5.22.